The average molecular weight is 563 g/mol. The summed E-state index contributed by atoms with van der Waals surface area (Å²) in [6, 6.07) is 6.23. The Morgan fingerprint density at radius 1 is 1.17 bits per heavy atom. The van der Waals surface area contributed by atoms with Crippen LogP contribution in [0.2, 0.25) is 10.0 Å². The molecule has 15 heteroatoms. The monoisotopic (exact) mass is 562 g/mol. The lowest BCUT2D eigenvalue weighted by Crippen LogP contribution is -2.39. The van der Waals surface area contributed by atoms with E-state index < -0.39 is 33.4 Å². The van der Waals surface area contributed by atoms with Crippen LogP contribution in [-0.2, 0) is 10.0 Å². The van der Waals surface area contributed by atoms with Gasteiger partial charge in [0.15, 0.2) is 11.4 Å². The molecule has 3 aromatic rings. The van der Waals surface area contributed by atoms with Gasteiger partial charge < -0.3 is 9.47 Å². The first-order chi connectivity index (χ1) is 17.0. The highest BCUT2D eigenvalue weighted by molar-refractivity contribution is 7.89. The summed E-state index contributed by atoms with van der Waals surface area (Å²) in [5.41, 5.74) is -3.69. The van der Waals surface area contributed by atoms with Gasteiger partial charge in [-0.3, -0.25) is 9.78 Å². The van der Waals surface area contributed by atoms with E-state index in [2.05, 4.69) is 9.82 Å². The first kappa shape index (κ1) is 26.1. The van der Waals surface area contributed by atoms with Gasteiger partial charge in [0.1, 0.15) is 16.4 Å². The van der Waals surface area contributed by atoms with Crippen molar-refractivity contribution in [2.45, 2.75) is 36.6 Å². The van der Waals surface area contributed by atoms with Crippen LogP contribution in [0.1, 0.15) is 31.4 Å². The Morgan fingerprint density at radius 3 is 2.39 bits per heavy atom. The first-order valence-electron chi connectivity index (χ1n) is 10.4. The molecule has 4 rings (SSSR count). The summed E-state index contributed by atoms with van der Waals surface area (Å²) in [6.07, 6.45) is -0.818. The van der Waals surface area contributed by atoms with Gasteiger partial charge in [-0.05, 0) is 37.1 Å². The fourth-order valence-corrected chi connectivity index (χ4v) is 5.40. The SMILES string of the molecule is COc1ccc(Oc2c(Cl)cc(-n3nc(C(F)F)c(=O)[nH]c3=O)cc2Cl)cc1S(=O)(=O)NC1CCC1. The second-order valence-electron chi connectivity index (χ2n) is 7.76. The van der Waals surface area contributed by atoms with Crippen molar-refractivity contribution in [2.75, 3.05) is 7.11 Å². The number of hydrogen-bond acceptors (Lipinski definition) is 7. The molecule has 1 fully saturated rings. The number of hydrogen-bond donors (Lipinski definition) is 2. The third-order valence-corrected chi connectivity index (χ3v) is 7.46. The number of benzene rings is 2. The molecule has 1 saturated carbocycles. The minimum absolute atomic E-state index is 0.0562. The molecule has 0 radical (unpaired) electrons. The Bertz CT molecular complexity index is 1520. The van der Waals surface area contributed by atoms with Gasteiger partial charge in [0.25, 0.3) is 12.0 Å². The van der Waals surface area contributed by atoms with Crippen LogP contribution < -0.4 is 25.4 Å². The number of aromatic amines is 1. The van der Waals surface area contributed by atoms with Crippen LogP contribution in [0.4, 0.5) is 8.78 Å². The van der Waals surface area contributed by atoms with Gasteiger partial charge in [0, 0.05) is 12.1 Å². The lowest BCUT2D eigenvalue weighted by molar-refractivity contribution is 0.141. The number of aromatic nitrogens is 3. The maximum absolute atomic E-state index is 13.1. The first-order valence-corrected chi connectivity index (χ1v) is 12.6. The van der Waals surface area contributed by atoms with Crippen molar-refractivity contribution in [3.05, 3.63) is 66.9 Å². The zero-order chi connectivity index (χ0) is 26.2. The summed E-state index contributed by atoms with van der Waals surface area (Å²) >= 11 is 12.6. The molecule has 0 atom stereocenters. The highest BCUT2D eigenvalue weighted by Crippen LogP contribution is 2.39. The summed E-state index contributed by atoms with van der Waals surface area (Å²) in [6.45, 7) is 0. The van der Waals surface area contributed by atoms with Gasteiger partial charge >= 0.3 is 5.69 Å². The molecule has 10 nitrogen and oxygen atoms in total. The lowest BCUT2D eigenvalue weighted by Gasteiger charge is -2.26. The molecular formula is C21H18Cl2F2N4O6S. The number of nitrogens with zero attached hydrogens (tertiary/aromatic N) is 2. The van der Waals surface area contributed by atoms with E-state index in [0.717, 1.165) is 31.4 Å². The van der Waals surface area contributed by atoms with Gasteiger partial charge in [-0.2, -0.15) is 9.78 Å². The molecule has 1 aromatic heterocycles. The summed E-state index contributed by atoms with van der Waals surface area (Å²) < 4.78 is 65.9. The zero-order valence-corrected chi connectivity index (χ0v) is 20.8. The molecule has 0 saturated heterocycles. The van der Waals surface area contributed by atoms with E-state index in [1.165, 1.54) is 25.3 Å². The van der Waals surface area contributed by atoms with Gasteiger partial charge in [0.05, 0.1) is 22.8 Å². The Balaban J connectivity index is 1.69. The van der Waals surface area contributed by atoms with Crippen molar-refractivity contribution in [2.24, 2.45) is 0 Å². The van der Waals surface area contributed by atoms with Crippen molar-refractivity contribution in [3.8, 4) is 22.9 Å². The fourth-order valence-electron chi connectivity index (χ4n) is 3.35. The van der Waals surface area contributed by atoms with Crippen molar-refractivity contribution in [1.82, 2.24) is 19.5 Å². The second kappa shape index (κ2) is 10.2. The van der Waals surface area contributed by atoms with E-state index in [1.807, 2.05) is 0 Å². The Morgan fingerprint density at radius 2 is 1.83 bits per heavy atom. The van der Waals surface area contributed by atoms with Crippen LogP contribution in [0.25, 0.3) is 5.69 Å². The van der Waals surface area contributed by atoms with Crippen LogP contribution in [0.5, 0.6) is 17.2 Å². The predicted molar refractivity (Wildman–Crippen MR) is 126 cm³/mol. The van der Waals surface area contributed by atoms with E-state index in [9.17, 15) is 26.8 Å². The highest BCUT2D eigenvalue weighted by Gasteiger charge is 2.28. The molecule has 0 amide bonds. The standard InChI is InChI=1S/C21H18Cl2F2N4O6S/c1-34-15-6-5-12(9-16(15)36(32,33)28-10-3-2-4-10)35-18-13(22)7-11(8-14(18)23)29-21(31)26-20(30)17(27-29)19(24)25/h5-10,19,28H,2-4H2,1H3,(H,26,30,31). The van der Waals surface area contributed by atoms with Crippen LogP contribution in [-0.4, -0.2) is 36.3 Å². The molecule has 36 heavy (non-hydrogen) atoms. The summed E-state index contributed by atoms with van der Waals surface area (Å²) in [5, 5.41) is 3.10. The molecule has 0 unspecified atom stereocenters. The minimum Gasteiger partial charge on any atom is -0.495 e. The van der Waals surface area contributed by atoms with E-state index in [4.69, 9.17) is 32.7 Å². The van der Waals surface area contributed by atoms with Crippen molar-refractivity contribution < 1.29 is 26.7 Å². The molecular weight excluding hydrogens is 545 g/mol. The number of ether oxygens (including phenoxy) is 2. The van der Waals surface area contributed by atoms with Crippen molar-refractivity contribution in [1.29, 1.82) is 0 Å². The zero-order valence-electron chi connectivity index (χ0n) is 18.4. The lowest BCUT2D eigenvalue weighted by atomic mass is 9.94. The van der Waals surface area contributed by atoms with Crippen molar-refractivity contribution in [3.63, 3.8) is 0 Å². The predicted octanol–water partition coefficient (Wildman–Crippen LogP) is 3.80. The molecule has 2 aromatic carbocycles. The maximum Gasteiger partial charge on any atom is 0.349 e. The third-order valence-electron chi connectivity index (χ3n) is 5.36. The Labute approximate surface area is 212 Å². The molecule has 1 aliphatic rings. The van der Waals surface area contributed by atoms with E-state index >= 15 is 0 Å². The highest BCUT2D eigenvalue weighted by atomic mass is 35.5. The average Bonchev–Trinajstić information content (AvgIpc) is 2.78. The summed E-state index contributed by atoms with van der Waals surface area (Å²) in [4.78, 5) is 25.3. The molecule has 0 bridgehead atoms. The van der Waals surface area contributed by atoms with Gasteiger partial charge in [-0.15, -0.1) is 0 Å². The molecule has 1 heterocycles. The smallest absolute Gasteiger partial charge is 0.349 e. The van der Waals surface area contributed by atoms with E-state index in [0.29, 0.717) is 4.68 Å². The normalized spacial score (nSPS) is 14.1. The quantitative estimate of drug-likeness (QED) is 0.426. The van der Waals surface area contributed by atoms with Crippen LogP contribution in [0.15, 0.2) is 44.8 Å². The van der Waals surface area contributed by atoms with Crippen molar-refractivity contribution >= 4 is 33.2 Å². The summed E-state index contributed by atoms with van der Waals surface area (Å²) in [7, 11) is -2.59. The second-order valence-corrected chi connectivity index (χ2v) is 10.3. The van der Waals surface area contributed by atoms with Gasteiger partial charge in [-0.25, -0.2) is 26.7 Å². The number of rotatable bonds is 8. The van der Waals surface area contributed by atoms with E-state index in [1.54, 1.807) is 4.98 Å². The van der Waals surface area contributed by atoms with Crippen LogP contribution in [0.3, 0.4) is 0 Å². The van der Waals surface area contributed by atoms with Gasteiger partial charge in [0.2, 0.25) is 10.0 Å². The van der Waals surface area contributed by atoms with Crippen LogP contribution >= 0.6 is 23.2 Å². The number of alkyl halides is 2. The molecule has 0 aliphatic heterocycles. The fraction of sp³-hybridized carbons (Fsp3) is 0.286. The third kappa shape index (κ3) is 5.24. The maximum atomic E-state index is 13.1. The number of sulfonamides is 1. The topological polar surface area (TPSA) is 132 Å². The van der Waals surface area contributed by atoms with Gasteiger partial charge in [-0.1, -0.05) is 29.6 Å². The number of nitrogens with one attached hydrogen (secondary N) is 2. The molecule has 0 spiro atoms. The number of H-pyrrole nitrogens is 1. The largest absolute Gasteiger partial charge is 0.495 e. The summed E-state index contributed by atoms with van der Waals surface area (Å²) in [5.74, 6) is 0.0508. The minimum atomic E-state index is -3.92. The Kier molecular flexibility index (Phi) is 7.36. The number of halogens is 4. The van der Waals surface area contributed by atoms with E-state index in [-0.39, 0.29) is 43.9 Å². The molecule has 192 valence electrons. The molecule has 1 aliphatic carbocycles. The number of methoxy groups -OCH3 is 1. The Hall–Kier alpha value is -3.00. The van der Waals surface area contributed by atoms with Crippen LogP contribution in [0, 0.1) is 0 Å². The molecule has 2 N–H and O–H groups in total.